The molecular formula is C13H15NO5S. The number of carboxylic acid groups (broad SMARTS) is 1. The predicted octanol–water partition coefficient (Wildman–Crippen LogP) is 0.664. The summed E-state index contributed by atoms with van der Waals surface area (Å²) in [7, 11) is -3.05. The fourth-order valence-electron chi connectivity index (χ4n) is 1.84. The first-order valence-corrected chi connectivity index (χ1v) is 7.78. The number of hydrogen-bond acceptors (Lipinski definition) is 5. The Morgan fingerprint density at radius 2 is 2.25 bits per heavy atom. The van der Waals surface area contributed by atoms with Crippen molar-refractivity contribution >= 4 is 15.8 Å². The maximum Gasteiger partial charge on any atom is 0.335 e. The molecule has 0 amide bonds. The van der Waals surface area contributed by atoms with Crippen LogP contribution in [0.25, 0.3) is 0 Å². The average Bonchev–Trinajstić information content (AvgIpc) is 2.75. The lowest BCUT2D eigenvalue weighted by Crippen LogP contribution is -2.33. The Morgan fingerprint density at radius 3 is 2.90 bits per heavy atom. The molecule has 7 heteroatoms. The van der Waals surface area contributed by atoms with Gasteiger partial charge in [0.05, 0.1) is 11.3 Å². The van der Waals surface area contributed by atoms with Crippen molar-refractivity contribution in [3.8, 4) is 5.75 Å². The summed E-state index contributed by atoms with van der Waals surface area (Å²) in [6, 6.07) is 6.03. The van der Waals surface area contributed by atoms with Crippen molar-refractivity contribution in [1.82, 2.24) is 5.32 Å². The van der Waals surface area contributed by atoms with Gasteiger partial charge in [0.2, 0.25) is 0 Å². The topological polar surface area (TPSA) is 92.7 Å². The van der Waals surface area contributed by atoms with Gasteiger partial charge in [0.15, 0.2) is 9.84 Å². The summed E-state index contributed by atoms with van der Waals surface area (Å²) in [5, 5.41) is 13.1. The first kappa shape index (κ1) is 14.5. The minimum Gasteiger partial charge on any atom is -0.492 e. The molecule has 0 spiro atoms. The van der Waals surface area contributed by atoms with Crippen LogP contribution in [0, 0.1) is 0 Å². The molecule has 0 radical (unpaired) electrons. The number of hydrogen-bond donors (Lipinski definition) is 2. The van der Waals surface area contributed by atoms with E-state index < -0.39 is 15.8 Å². The largest absolute Gasteiger partial charge is 0.492 e. The van der Waals surface area contributed by atoms with Crippen LogP contribution in [-0.2, 0) is 9.84 Å². The van der Waals surface area contributed by atoms with Gasteiger partial charge >= 0.3 is 5.97 Å². The minimum atomic E-state index is -3.05. The highest BCUT2D eigenvalue weighted by atomic mass is 32.2. The summed E-state index contributed by atoms with van der Waals surface area (Å²) in [6.45, 7) is 0.801. The van der Waals surface area contributed by atoms with Crippen LogP contribution in [0.1, 0.15) is 10.4 Å². The third kappa shape index (κ3) is 4.07. The molecule has 0 saturated heterocycles. The second kappa shape index (κ2) is 6.06. The Balaban J connectivity index is 1.75. The van der Waals surface area contributed by atoms with E-state index in [9.17, 15) is 13.2 Å². The van der Waals surface area contributed by atoms with Gasteiger partial charge < -0.3 is 15.2 Å². The lowest BCUT2D eigenvalue weighted by molar-refractivity contribution is 0.0696. The Bertz CT molecular complexity index is 623. The van der Waals surface area contributed by atoms with Gasteiger partial charge in [-0.15, -0.1) is 0 Å². The Kier molecular flexibility index (Phi) is 4.41. The summed E-state index contributed by atoms with van der Waals surface area (Å²) in [6.07, 6.45) is 1.61. The van der Waals surface area contributed by atoms with E-state index in [1.54, 1.807) is 18.2 Å². The molecule has 0 saturated carbocycles. The van der Waals surface area contributed by atoms with Crippen molar-refractivity contribution in [1.29, 1.82) is 0 Å². The molecule has 6 nitrogen and oxygen atoms in total. The van der Waals surface area contributed by atoms with E-state index in [0.29, 0.717) is 18.9 Å². The van der Waals surface area contributed by atoms with E-state index in [-0.39, 0.29) is 17.4 Å². The second-order valence-electron chi connectivity index (χ2n) is 4.40. The fourth-order valence-corrected chi connectivity index (χ4v) is 3.10. The van der Waals surface area contributed by atoms with Crippen LogP contribution in [0.5, 0.6) is 5.75 Å². The molecule has 1 unspecified atom stereocenters. The number of carbonyl (C=O) groups is 1. The lowest BCUT2D eigenvalue weighted by Gasteiger charge is -2.11. The molecule has 1 aliphatic rings. The molecule has 0 aromatic heterocycles. The van der Waals surface area contributed by atoms with Gasteiger partial charge in [0.1, 0.15) is 12.4 Å². The van der Waals surface area contributed by atoms with Crippen LogP contribution < -0.4 is 10.1 Å². The zero-order valence-corrected chi connectivity index (χ0v) is 11.5. The minimum absolute atomic E-state index is 0.0709. The summed E-state index contributed by atoms with van der Waals surface area (Å²) in [5.41, 5.74) is 0.167. The normalized spacial score (nSPS) is 19.9. The molecule has 1 aromatic carbocycles. The first-order valence-electron chi connectivity index (χ1n) is 6.07. The van der Waals surface area contributed by atoms with Crippen molar-refractivity contribution in [2.75, 3.05) is 18.9 Å². The number of ether oxygens (including phenoxy) is 1. The number of aromatic carboxylic acids is 1. The van der Waals surface area contributed by atoms with Gasteiger partial charge in [0, 0.05) is 18.0 Å². The van der Waals surface area contributed by atoms with E-state index in [1.165, 1.54) is 17.5 Å². The maximum atomic E-state index is 11.2. The number of nitrogens with one attached hydrogen (secondary N) is 1. The van der Waals surface area contributed by atoms with E-state index in [2.05, 4.69) is 5.32 Å². The molecule has 2 N–H and O–H groups in total. The SMILES string of the molecule is O=C(O)c1cccc(OCCNC2C=CS(=O)(=O)C2)c1. The van der Waals surface area contributed by atoms with Gasteiger partial charge in [-0.25, -0.2) is 13.2 Å². The number of sulfone groups is 1. The highest BCUT2D eigenvalue weighted by Gasteiger charge is 2.20. The fraction of sp³-hybridized carbons (Fsp3) is 0.308. The molecule has 0 aliphatic carbocycles. The summed E-state index contributed by atoms with van der Waals surface area (Å²) >= 11 is 0. The number of carboxylic acids is 1. The lowest BCUT2D eigenvalue weighted by atomic mass is 10.2. The predicted molar refractivity (Wildman–Crippen MR) is 73.6 cm³/mol. The van der Waals surface area contributed by atoms with Crippen molar-refractivity contribution in [2.45, 2.75) is 6.04 Å². The maximum absolute atomic E-state index is 11.2. The van der Waals surface area contributed by atoms with E-state index in [1.807, 2.05) is 0 Å². The van der Waals surface area contributed by atoms with Crippen LogP contribution in [0.3, 0.4) is 0 Å². The van der Waals surface area contributed by atoms with Crippen molar-refractivity contribution in [3.05, 3.63) is 41.3 Å². The molecule has 1 aromatic rings. The Morgan fingerprint density at radius 1 is 1.45 bits per heavy atom. The van der Waals surface area contributed by atoms with Gasteiger partial charge in [-0.3, -0.25) is 0 Å². The van der Waals surface area contributed by atoms with Crippen LogP contribution >= 0.6 is 0 Å². The van der Waals surface area contributed by atoms with Gasteiger partial charge in [-0.05, 0) is 18.2 Å². The molecule has 1 atom stereocenters. The van der Waals surface area contributed by atoms with Crippen LogP contribution in [0.15, 0.2) is 35.7 Å². The first-order chi connectivity index (χ1) is 9.46. The highest BCUT2D eigenvalue weighted by Crippen LogP contribution is 2.13. The molecule has 108 valence electrons. The smallest absolute Gasteiger partial charge is 0.335 e. The molecule has 0 fully saturated rings. The van der Waals surface area contributed by atoms with Crippen LogP contribution in [0.4, 0.5) is 0 Å². The number of rotatable bonds is 6. The standard InChI is InChI=1S/C13H15NO5S/c15-13(16)10-2-1-3-12(8-10)19-6-5-14-11-4-7-20(17,18)9-11/h1-4,7-8,11,14H,5-6,9H2,(H,15,16). The van der Waals surface area contributed by atoms with Crippen molar-refractivity contribution in [3.63, 3.8) is 0 Å². The summed E-state index contributed by atoms with van der Waals surface area (Å²) in [4.78, 5) is 10.8. The highest BCUT2D eigenvalue weighted by molar-refractivity contribution is 7.94. The molecule has 20 heavy (non-hydrogen) atoms. The quantitative estimate of drug-likeness (QED) is 0.750. The number of benzene rings is 1. The van der Waals surface area contributed by atoms with E-state index in [4.69, 9.17) is 9.84 Å². The summed E-state index contributed by atoms with van der Waals surface area (Å²) in [5.74, 6) is -0.460. The molecule has 2 rings (SSSR count). The zero-order valence-electron chi connectivity index (χ0n) is 10.7. The third-order valence-corrected chi connectivity index (χ3v) is 4.18. The van der Waals surface area contributed by atoms with Gasteiger partial charge in [-0.1, -0.05) is 12.1 Å². The zero-order chi connectivity index (χ0) is 14.6. The monoisotopic (exact) mass is 297 g/mol. The second-order valence-corrected chi connectivity index (χ2v) is 6.33. The molecular weight excluding hydrogens is 282 g/mol. The summed E-state index contributed by atoms with van der Waals surface area (Å²) < 4.78 is 27.8. The van der Waals surface area contributed by atoms with Gasteiger partial charge in [-0.2, -0.15) is 0 Å². The van der Waals surface area contributed by atoms with Gasteiger partial charge in [0.25, 0.3) is 0 Å². The molecule has 1 heterocycles. The van der Waals surface area contributed by atoms with Crippen molar-refractivity contribution in [2.24, 2.45) is 0 Å². The van der Waals surface area contributed by atoms with Crippen LogP contribution in [-0.4, -0.2) is 44.4 Å². The Labute approximate surface area is 117 Å². The Hall–Kier alpha value is -1.86. The van der Waals surface area contributed by atoms with E-state index in [0.717, 1.165) is 0 Å². The molecule has 0 bridgehead atoms. The van der Waals surface area contributed by atoms with Crippen molar-refractivity contribution < 1.29 is 23.1 Å². The third-order valence-electron chi connectivity index (χ3n) is 2.79. The average molecular weight is 297 g/mol. The molecule has 1 aliphatic heterocycles. The van der Waals surface area contributed by atoms with E-state index >= 15 is 0 Å². The van der Waals surface area contributed by atoms with Crippen LogP contribution in [0.2, 0.25) is 0 Å².